The van der Waals surface area contributed by atoms with Gasteiger partial charge in [-0.1, -0.05) is 0 Å². The maximum atomic E-state index is 12.1. The van der Waals surface area contributed by atoms with E-state index in [1.54, 1.807) is 6.92 Å². The first-order chi connectivity index (χ1) is 9.73. The van der Waals surface area contributed by atoms with Crippen LogP contribution in [-0.4, -0.2) is 54.6 Å². The molecule has 3 N–H and O–H groups in total. The second kappa shape index (κ2) is 5.81. The highest BCUT2D eigenvalue weighted by atomic mass is 16.5. The highest BCUT2D eigenvalue weighted by Crippen LogP contribution is 2.29. The Hall–Kier alpha value is -1.34. The summed E-state index contributed by atoms with van der Waals surface area (Å²) < 4.78 is 10.8. The van der Waals surface area contributed by atoms with Crippen LogP contribution in [0.1, 0.15) is 33.6 Å². The summed E-state index contributed by atoms with van der Waals surface area (Å²) in [4.78, 5) is 23.4. The second-order valence-electron chi connectivity index (χ2n) is 6.71. The van der Waals surface area contributed by atoms with Crippen molar-refractivity contribution in [1.82, 2.24) is 10.6 Å². The third-order valence-electron chi connectivity index (χ3n) is 4.28. The molecular weight excluding hydrogens is 276 g/mol. The molecule has 3 unspecified atom stereocenters. The van der Waals surface area contributed by atoms with Crippen molar-refractivity contribution in [3.8, 4) is 0 Å². The zero-order valence-corrected chi connectivity index (χ0v) is 12.8. The van der Waals surface area contributed by atoms with Crippen LogP contribution in [0.5, 0.6) is 0 Å². The lowest BCUT2D eigenvalue weighted by atomic mass is 9.85. The number of hydrogen-bond donors (Lipinski definition) is 3. The molecule has 2 amide bonds. The number of carbonyl (C=O) groups is 2. The Balaban J connectivity index is 1.88. The van der Waals surface area contributed by atoms with Crippen LogP contribution in [0.25, 0.3) is 0 Å². The first-order valence-corrected chi connectivity index (χ1v) is 7.25. The van der Waals surface area contributed by atoms with Crippen LogP contribution in [0.4, 0.5) is 4.79 Å². The maximum absolute atomic E-state index is 12.1. The molecule has 0 aromatic carbocycles. The molecule has 2 rings (SSSR count). The Morgan fingerprint density at radius 1 is 1.24 bits per heavy atom. The molecule has 0 saturated carbocycles. The number of carbonyl (C=O) groups excluding carboxylic acids is 1. The molecule has 2 saturated heterocycles. The van der Waals surface area contributed by atoms with Crippen molar-refractivity contribution in [1.29, 1.82) is 0 Å². The zero-order valence-electron chi connectivity index (χ0n) is 12.8. The number of nitrogens with one attached hydrogen (secondary N) is 2. The Bertz CT molecular complexity index is 426. The number of hydrogen-bond acceptors (Lipinski definition) is 4. The van der Waals surface area contributed by atoms with E-state index in [-0.39, 0.29) is 30.9 Å². The molecule has 21 heavy (non-hydrogen) atoms. The SMILES string of the molecule is CC1(C)CC(NC(=O)NC2COCC2(C)C(=O)O)CCO1. The van der Waals surface area contributed by atoms with Gasteiger partial charge in [-0.2, -0.15) is 0 Å². The molecular formula is C14H24N2O5. The second-order valence-corrected chi connectivity index (χ2v) is 6.71. The predicted octanol–water partition coefficient (Wildman–Crippen LogP) is 0.733. The van der Waals surface area contributed by atoms with Gasteiger partial charge in [-0.15, -0.1) is 0 Å². The average Bonchev–Trinajstić information content (AvgIpc) is 2.70. The topological polar surface area (TPSA) is 96.9 Å². The average molecular weight is 300 g/mol. The molecule has 3 atom stereocenters. The molecule has 0 radical (unpaired) electrons. The molecule has 7 heteroatoms. The summed E-state index contributed by atoms with van der Waals surface area (Å²) in [5.74, 6) is -0.961. The fourth-order valence-corrected chi connectivity index (χ4v) is 2.83. The summed E-state index contributed by atoms with van der Waals surface area (Å²) in [5, 5.41) is 14.9. The van der Waals surface area contributed by atoms with Crippen molar-refractivity contribution in [2.45, 2.75) is 51.3 Å². The van der Waals surface area contributed by atoms with Gasteiger partial charge in [0, 0.05) is 12.6 Å². The molecule has 2 fully saturated rings. The van der Waals surface area contributed by atoms with Crippen LogP contribution in [0.15, 0.2) is 0 Å². The first kappa shape index (κ1) is 16.0. The number of carboxylic acids is 1. The van der Waals surface area contributed by atoms with E-state index in [2.05, 4.69) is 10.6 Å². The van der Waals surface area contributed by atoms with Gasteiger partial charge in [0.2, 0.25) is 0 Å². The highest BCUT2D eigenvalue weighted by Gasteiger charge is 2.47. The van der Waals surface area contributed by atoms with E-state index in [4.69, 9.17) is 9.47 Å². The first-order valence-electron chi connectivity index (χ1n) is 7.25. The quantitative estimate of drug-likeness (QED) is 0.714. The lowest BCUT2D eigenvalue weighted by Gasteiger charge is -2.36. The highest BCUT2D eigenvalue weighted by molar-refractivity contribution is 5.79. The summed E-state index contributed by atoms with van der Waals surface area (Å²) in [6, 6.07) is -0.837. The van der Waals surface area contributed by atoms with Crippen LogP contribution in [0, 0.1) is 5.41 Å². The van der Waals surface area contributed by atoms with E-state index in [0.29, 0.717) is 6.61 Å². The summed E-state index contributed by atoms with van der Waals surface area (Å²) in [5.41, 5.74) is -1.32. The number of amides is 2. The van der Waals surface area contributed by atoms with Crippen LogP contribution in [-0.2, 0) is 14.3 Å². The summed E-state index contributed by atoms with van der Waals surface area (Å²) in [7, 11) is 0. The predicted molar refractivity (Wildman–Crippen MR) is 75.1 cm³/mol. The van der Waals surface area contributed by atoms with Crippen molar-refractivity contribution in [3.05, 3.63) is 0 Å². The monoisotopic (exact) mass is 300 g/mol. The van der Waals surface area contributed by atoms with Gasteiger partial charge in [-0.3, -0.25) is 4.79 Å². The third kappa shape index (κ3) is 3.65. The molecule has 2 aliphatic heterocycles. The Kier molecular flexibility index (Phi) is 4.43. The van der Waals surface area contributed by atoms with E-state index in [0.717, 1.165) is 12.8 Å². The third-order valence-corrected chi connectivity index (χ3v) is 4.28. The Morgan fingerprint density at radius 3 is 2.57 bits per heavy atom. The lowest BCUT2D eigenvalue weighted by molar-refractivity contribution is -0.148. The number of rotatable bonds is 3. The number of aliphatic carboxylic acids is 1. The van der Waals surface area contributed by atoms with E-state index in [9.17, 15) is 14.7 Å². The minimum absolute atomic E-state index is 0.0344. The van der Waals surface area contributed by atoms with Gasteiger partial charge >= 0.3 is 12.0 Å². The van der Waals surface area contributed by atoms with Crippen molar-refractivity contribution >= 4 is 12.0 Å². The van der Waals surface area contributed by atoms with Crippen molar-refractivity contribution in [2.24, 2.45) is 5.41 Å². The van der Waals surface area contributed by atoms with Gasteiger partial charge < -0.3 is 25.2 Å². The number of ether oxygens (including phenoxy) is 2. The van der Waals surface area contributed by atoms with Crippen molar-refractivity contribution in [3.63, 3.8) is 0 Å². The molecule has 0 aromatic heterocycles. The van der Waals surface area contributed by atoms with Crippen LogP contribution < -0.4 is 10.6 Å². The lowest BCUT2D eigenvalue weighted by Crippen LogP contribution is -2.55. The summed E-state index contributed by atoms with van der Waals surface area (Å²) in [6.07, 6.45) is 1.49. The van der Waals surface area contributed by atoms with E-state index in [1.165, 1.54) is 0 Å². The molecule has 120 valence electrons. The zero-order chi connectivity index (χ0) is 15.7. The molecule has 2 aliphatic rings. The van der Waals surface area contributed by atoms with Crippen molar-refractivity contribution in [2.75, 3.05) is 19.8 Å². The Labute approximate surface area is 124 Å². The smallest absolute Gasteiger partial charge is 0.315 e. The maximum Gasteiger partial charge on any atom is 0.315 e. The molecule has 0 bridgehead atoms. The number of carboxylic acid groups (broad SMARTS) is 1. The fourth-order valence-electron chi connectivity index (χ4n) is 2.83. The van der Waals surface area contributed by atoms with E-state index in [1.807, 2.05) is 13.8 Å². The minimum atomic E-state index is -1.08. The van der Waals surface area contributed by atoms with E-state index < -0.39 is 17.4 Å². The van der Waals surface area contributed by atoms with Crippen molar-refractivity contribution < 1.29 is 24.2 Å². The van der Waals surface area contributed by atoms with Gasteiger partial charge in [0.1, 0.15) is 5.41 Å². The molecule has 0 aromatic rings. The fraction of sp³-hybridized carbons (Fsp3) is 0.857. The Morgan fingerprint density at radius 2 is 1.95 bits per heavy atom. The van der Waals surface area contributed by atoms with Crippen LogP contribution in [0.2, 0.25) is 0 Å². The normalized spacial score (nSPS) is 35.2. The standard InChI is InChI=1S/C14H24N2O5/c1-13(2)6-9(4-5-21-13)15-12(19)16-10-7-20-8-14(10,3)11(17)18/h9-10H,4-8H2,1-3H3,(H,17,18)(H2,15,16,19). The number of urea groups is 1. The summed E-state index contributed by atoms with van der Waals surface area (Å²) in [6.45, 7) is 6.51. The van der Waals surface area contributed by atoms with Crippen LogP contribution >= 0.6 is 0 Å². The van der Waals surface area contributed by atoms with Gasteiger partial charge in [0.15, 0.2) is 0 Å². The molecule has 0 aliphatic carbocycles. The summed E-state index contributed by atoms with van der Waals surface area (Å²) >= 11 is 0. The van der Waals surface area contributed by atoms with Crippen LogP contribution in [0.3, 0.4) is 0 Å². The van der Waals surface area contributed by atoms with Gasteiger partial charge in [-0.05, 0) is 33.6 Å². The largest absolute Gasteiger partial charge is 0.481 e. The van der Waals surface area contributed by atoms with Gasteiger partial charge in [0.25, 0.3) is 0 Å². The molecule has 7 nitrogen and oxygen atoms in total. The molecule has 2 heterocycles. The van der Waals surface area contributed by atoms with Gasteiger partial charge in [0.05, 0.1) is 24.9 Å². The van der Waals surface area contributed by atoms with Gasteiger partial charge in [-0.25, -0.2) is 4.79 Å². The molecule has 0 spiro atoms. The minimum Gasteiger partial charge on any atom is -0.481 e. The van der Waals surface area contributed by atoms with E-state index >= 15 is 0 Å².